The molecule has 0 bridgehead atoms. The number of rotatable bonds is 5. The van der Waals surface area contributed by atoms with Gasteiger partial charge < -0.3 is 14.3 Å². The van der Waals surface area contributed by atoms with Gasteiger partial charge in [0.25, 0.3) is 11.5 Å². The molecule has 5 heteroatoms. The molecule has 0 aliphatic heterocycles. The highest BCUT2D eigenvalue weighted by Gasteiger charge is 2.29. The van der Waals surface area contributed by atoms with Gasteiger partial charge in [0.2, 0.25) is 0 Å². The molecule has 1 aliphatic rings. The lowest BCUT2D eigenvalue weighted by Crippen LogP contribution is -2.39. The zero-order valence-electron chi connectivity index (χ0n) is 15.5. The first-order valence-electron chi connectivity index (χ1n) is 9.65. The van der Waals surface area contributed by atoms with E-state index in [0.717, 1.165) is 43.0 Å². The van der Waals surface area contributed by atoms with Gasteiger partial charge in [-0.2, -0.15) is 0 Å². The molecule has 140 valence electrons. The summed E-state index contributed by atoms with van der Waals surface area (Å²) >= 11 is 0. The number of furan rings is 1. The van der Waals surface area contributed by atoms with Gasteiger partial charge >= 0.3 is 0 Å². The lowest BCUT2D eigenvalue weighted by Gasteiger charge is -2.28. The van der Waals surface area contributed by atoms with Gasteiger partial charge in [-0.25, -0.2) is 0 Å². The molecule has 0 radical (unpaired) electrons. The van der Waals surface area contributed by atoms with Crippen molar-refractivity contribution in [2.45, 2.75) is 51.6 Å². The molecule has 1 N–H and O–H groups in total. The minimum atomic E-state index is -0.145. The van der Waals surface area contributed by atoms with Crippen molar-refractivity contribution in [1.29, 1.82) is 0 Å². The summed E-state index contributed by atoms with van der Waals surface area (Å²) in [5, 5.41) is 1.00. The van der Waals surface area contributed by atoms with Crippen molar-refractivity contribution in [3.63, 3.8) is 0 Å². The molecular weight excluding hydrogens is 340 g/mol. The Morgan fingerprint density at radius 3 is 2.74 bits per heavy atom. The summed E-state index contributed by atoms with van der Waals surface area (Å²) in [6.07, 6.45) is 6.61. The molecular formula is C22H24N2O3. The summed E-state index contributed by atoms with van der Waals surface area (Å²) in [6.45, 7) is 2.41. The number of carbonyl (C=O) groups is 1. The molecule has 1 fully saturated rings. The summed E-state index contributed by atoms with van der Waals surface area (Å²) in [5.41, 5.74) is 2.52. The van der Waals surface area contributed by atoms with Crippen molar-refractivity contribution in [3.8, 4) is 0 Å². The van der Waals surface area contributed by atoms with E-state index in [-0.39, 0.29) is 17.5 Å². The maximum atomic E-state index is 13.0. The van der Waals surface area contributed by atoms with Gasteiger partial charge in [-0.15, -0.1) is 0 Å². The van der Waals surface area contributed by atoms with Crippen LogP contribution in [0.4, 0.5) is 0 Å². The lowest BCUT2D eigenvalue weighted by atomic mass is 10.1. The zero-order valence-corrected chi connectivity index (χ0v) is 15.5. The average Bonchev–Trinajstić information content (AvgIpc) is 3.39. The summed E-state index contributed by atoms with van der Waals surface area (Å²) in [4.78, 5) is 30.4. The number of aromatic amines is 1. The van der Waals surface area contributed by atoms with Crippen LogP contribution in [-0.2, 0) is 13.0 Å². The van der Waals surface area contributed by atoms with E-state index in [0.29, 0.717) is 17.9 Å². The molecule has 0 spiro atoms. The van der Waals surface area contributed by atoms with Crippen LogP contribution in [0.5, 0.6) is 0 Å². The van der Waals surface area contributed by atoms with Crippen molar-refractivity contribution in [1.82, 2.24) is 9.88 Å². The van der Waals surface area contributed by atoms with E-state index in [4.69, 9.17) is 4.42 Å². The second-order valence-corrected chi connectivity index (χ2v) is 7.25. The molecule has 3 aromatic rings. The third-order valence-corrected chi connectivity index (χ3v) is 5.49. The number of H-pyrrole nitrogens is 1. The maximum Gasteiger partial charge on any atom is 0.290 e. The smallest absolute Gasteiger partial charge is 0.290 e. The highest BCUT2D eigenvalue weighted by atomic mass is 16.3. The third kappa shape index (κ3) is 3.54. The van der Waals surface area contributed by atoms with Gasteiger partial charge in [0.15, 0.2) is 5.76 Å². The molecule has 0 unspecified atom stereocenters. The second-order valence-electron chi connectivity index (χ2n) is 7.25. The number of fused-ring (bicyclic) bond motifs is 1. The molecule has 4 rings (SSSR count). The quantitative estimate of drug-likeness (QED) is 0.735. The molecule has 5 nitrogen and oxygen atoms in total. The summed E-state index contributed by atoms with van der Waals surface area (Å²) in [6, 6.07) is 11.6. The van der Waals surface area contributed by atoms with Crippen molar-refractivity contribution in [2.24, 2.45) is 0 Å². The number of benzene rings is 1. The third-order valence-electron chi connectivity index (χ3n) is 5.49. The minimum Gasteiger partial charge on any atom is -0.459 e. The number of aryl methyl sites for hydroxylation is 1. The van der Waals surface area contributed by atoms with Crippen LogP contribution < -0.4 is 5.56 Å². The lowest BCUT2D eigenvalue weighted by molar-refractivity contribution is 0.0631. The molecule has 2 heterocycles. The van der Waals surface area contributed by atoms with E-state index in [1.165, 1.54) is 11.8 Å². The molecule has 27 heavy (non-hydrogen) atoms. The second kappa shape index (κ2) is 7.43. The highest BCUT2D eigenvalue weighted by Crippen LogP contribution is 2.26. The molecule has 1 amide bonds. The van der Waals surface area contributed by atoms with Crippen molar-refractivity contribution >= 4 is 16.8 Å². The van der Waals surface area contributed by atoms with Crippen LogP contribution in [-0.4, -0.2) is 21.8 Å². The Labute approximate surface area is 158 Å². The summed E-state index contributed by atoms with van der Waals surface area (Å²) in [5.74, 6) is 0.182. The van der Waals surface area contributed by atoms with Gasteiger partial charge in [0.1, 0.15) is 0 Å². The van der Waals surface area contributed by atoms with Crippen molar-refractivity contribution in [2.75, 3.05) is 0 Å². The Kier molecular flexibility index (Phi) is 4.84. The van der Waals surface area contributed by atoms with Crippen LogP contribution in [0.1, 0.15) is 54.3 Å². The molecule has 1 aliphatic carbocycles. The van der Waals surface area contributed by atoms with Gasteiger partial charge in [-0.1, -0.05) is 25.8 Å². The van der Waals surface area contributed by atoms with Crippen LogP contribution >= 0.6 is 0 Å². The van der Waals surface area contributed by atoms with E-state index in [2.05, 4.69) is 18.0 Å². The number of carbonyl (C=O) groups excluding carboxylic acids is 1. The van der Waals surface area contributed by atoms with E-state index < -0.39 is 0 Å². The van der Waals surface area contributed by atoms with Crippen LogP contribution in [0.15, 0.2) is 51.9 Å². The first-order chi connectivity index (χ1) is 13.2. The Morgan fingerprint density at radius 2 is 2.04 bits per heavy atom. The molecule has 0 atom stereocenters. The van der Waals surface area contributed by atoms with Gasteiger partial charge in [-0.3, -0.25) is 9.59 Å². The highest BCUT2D eigenvalue weighted by molar-refractivity contribution is 5.91. The first-order valence-corrected chi connectivity index (χ1v) is 9.65. The number of nitrogens with one attached hydrogen (secondary N) is 1. The summed E-state index contributed by atoms with van der Waals surface area (Å²) in [7, 11) is 0. The Bertz CT molecular complexity index is 998. The predicted octanol–water partition coefficient (Wildman–Crippen LogP) is 4.27. The standard InChI is InChI=1S/C22H24N2O3/c1-2-15-9-10-19-16(12-15)13-17(21(25)23-19)14-24(18-6-3-4-7-18)22(26)20-8-5-11-27-20/h5,8-13,18H,2-4,6-7,14H2,1H3,(H,23,25). The molecule has 0 saturated heterocycles. The zero-order chi connectivity index (χ0) is 18.8. The Morgan fingerprint density at radius 1 is 1.22 bits per heavy atom. The fraction of sp³-hybridized carbons (Fsp3) is 0.364. The molecule has 1 aromatic carbocycles. The maximum absolute atomic E-state index is 13.0. The normalized spacial score (nSPS) is 14.7. The fourth-order valence-electron chi connectivity index (χ4n) is 3.95. The van der Waals surface area contributed by atoms with E-state index >= 15 is 0 Å². The Hall–Kier alpha value is -2.82. The SMILES string of the molecule is CCc1ccc2[nH]c(=O)c(CN(C(=O)c3ccco3)C3CCCC3)cc2c1. The molecule has 2 aromatic heterocycles. The number of pyridine rings is 1. The van der Waals surface area contributed by atoms with Crippen LogP contribution in [0.3, 0.4) is 0 Å². The van der Waals surface area contributed by atoms with Gasteiger partial charge in [0.05, 0.1) is 12.8 Å². The predicted molar refractivity (Wildman–Crippen MR) is 105 cm³/mol. The number of amides is 1. The fourth-order valence-corrected chi connectivity index (χ4v) is 3.95. The van der Waals surface area contributed by atoms with Crippen LogP contribution in [0.25, 0.3) is 10.9 Å². The van der Waals surface area contributed by atoms with Crippen molar-refractivity contribution < 1.29 is 9.21 Å². The monoisotopic (exact) mass is 364 g/mol. The Balaban J connectivity index is 1.70. The van der Waals surface area contributed by atoms with Gasteiger partial charge in [-0.05, 0) is 60.5 Å². The molecule has 1 saturated carbocycles. The number of nitrogens with zero attached hydrogens (tertiary/aromatic N) is 1. The van der Waals surface area contributed by atoms with Gasteiger partial charge in [0, 0.05) is 17.1 Å². The van der Waals surface area contributed by atoms with Crippen molar-refractivity contribution in [3.05, 3.63) is 69.9 Å². The first kappa shape index (κ1) is 17.6. The topological polar surface area (TPSA) is 66.3 Å². The minimum absolute atomic E-state index is 0.137. The number of hydrogen-bond acceptors (Lipinski definition) is 3. The average molecular weight is 364 g/mol. The van der Waals surface area contributed by atoms with E-state index in [9.17, 15) is 9.59 Å². The van der Waals surface area contributed by atoms with E-state index in [1.807, 2.05) is 23.1 Å². The number of hydrogen-bond donors (Lipinski definition) is 1. The van der Waals surface area contributed by atoms with E-state index in [1.54, 1.807) is 12.1 Å². The summed E-state index contributed by atoms with van der Waals surface area (Å²) < 4.78 is 5.33. The number of aromatic nitrogens is 1. The largest absolute Gasteiger partial charge is 0.459 e. The van der Waals surface area contributed by atoms with Crippen LogP contribution in [0, 0.1) is 0 Å². The van der Waals surface area contributed by atoms with Crippen LogP contribution in [0.2, 0.25) is 0 Å².